The van der Waals surface area contributed by atoms with Crippen molar-refractivity contribution in [2.24, 2.45) is 9.98 Å². The van der Waals surface area contributed by atoms with Gasteiger partial charge in [0.2, 0.25) is 11.8 Å². The summed E-state index contributed by atoms with van der Waals surface area (Å²) in [6.45, 7) is 0. The number of ether oxygens (including phenoxy) is 2. The minimum atomic E-state index is -5.89. The zero-order valence-corrected chi connectivity index (χ0v) is 15.2. The average Bonchev–Trinajstić information content (AvgIpc) is 2.66. The first-order valence-corrected chi connectivity index (χ1v) is 8.26. The number of benzene rings is 2. The average molecular weight is 437 g/mol. The number of halogens is 7. The van der Waals surface area contributed by atoms with Gasteiger partial charge >= 0.3 is 18.0 Å². The predicted molar refractivity (Wildman–Crippen MR) is 93.4 cm³/mol. The molecule has 0 aliphatic carbocycles. The topological polar surface area (TPSA) is 43.2 Å². The molecular formula is C18H11ClF6N2O2. The Bertz CT molecular complexity index is 971. The summed E-state index contributed by atoms with van der Waals surface area (Å²) in [5.74, 6) is -1.65. The summed E-state index contributed by atoms with van der Waals surface area (Å²) < 4.78 is 92.1. The van der Waals surface area contributed by atoms with E-state index in [2.05, 4.69) is 9.98 Å². The molecule has 1 aliphatic rings. The van der Waals surface area contributed by atoms with Gasteiger partial charge in [-0.25, -0.2) is 9.98 Å². The van der Waals surface area contributed by atoms with Gasteiger partial charge in [0.25, 0.3) is 0 Å². The summed E-state index contributed by atoms with van der Waals surface area (Å²) in [6, 6.07) is 10.3. The lowest BCUT2D eigenvalue weighted by Crippen LogP contribution is -2.56. The van der Waals surface area contributed by atoms with Crippen molar-refractivity contribution in [3.63, 3.8) is 0 Å². The summed E-state index contributed by atoms with van der Waals surface area (Å²) in [4.78, 5) is 5.72. The monoisotopic (exact) mass is 436 g/mol. The third kappa shape index (κ3) is 3.89. The molecule has 0 fully saturated rings. The lowest BCUT2D eigenvalue weighted by Gasteiger charge is -2.34. The number of hydrogen-bond acceptors (Lipinski definition) is 4. The first-order chi connectivity index (χ1) is 13.5. The number of rotatable bonds is 3. The second kappa shape index (κ2) is 7.25. The van der Waals surface area contributed by atoms with E-state index in [1.54, 1.807) is 0 Å². The molecular weight excluding hydrogens is 426 g/mol. The van der Waals surface area contributed by atoms with Crippen LogP contribution in [0.5, 0.6) is 5.75 Å². The Kier molecular flexibility index (Phi) is 5.24. The number of aliphatic imine (C=N–C) groups is 2. The molecule has 1 heterocycles. The van der Waals surface area contributed by atoms with E-state index in [0.717, 1.165) is 6.07 Å². The van der Waals surface area contributed by atoms with Crippen LogP contribution in [0.4, 0.5) is 26.3 Å². The SMILES string of the molecule is COc1cccc(C2=NC(C(F)(F)F)(C(F)(F)F)N=C(c3cccc(Cl)c3)O2)c1. The van der Waals surface area contributed by atoms with Crippen molar-refractivity contribution in [2.45, 2.75) is 18.0 Å². The van der Waals surface area contributed by atoms with Crippen LogP contribution in [0.2, 0.25) is 5.02 Å². The second-order valence-corrected chi connectivity index (χ2v) is 6.28. The molecule has 4 nitrogen and oxygen atoms in total. The number of hydrogen-bond donors (Lipinski definition) is 0. The fourth-order valence-electron chi connectivity index (χ4n) is 2.49. The van der Waals surface area contributed by atoms with Crippen LogP contribution >= 0.6 is 11.6 Å². The zero-order valence-electron chi connectivity index (χ0n) is 14.5. The maximum Gasteiger partial charge on any atom is 0.443 e. The van der Waals surface area contributed by atoms with Gasteiger partial charge in [-0.05, 0) is 36.4 Å². The van der Waals surface area contributed by atoms with Crippen LogP contribution < -0.4 is 4.74 Å². The van der Waals surface area contributed by atoms with E-state index >= 15 is 0 Å². The lowest BCUT2D eigenvalue weighted by molar-refractivity contribution is -0.293. The summed E-state index contributed by atoms with van der Waals surface area (Å²) in [7, 11) is 1.29. The number of methoxy groups -OCH3 is 1. The van der Waals surface area contributed by atoms with Crippen molar-refractivity contribution >= 4 is 23.4 Å². The number of nitrogens with zero attached hydrogens (tertiary/aromatic N) is 2. The third-order valence-corrected chi connectivity index (χ3v) is 4.13. The van der Waals surface area contributed by atoms with Gasteiger partial charge in [-0.15, -0.1) is 0 Å². The Morgan fingerprint density at radius 1 is 0.862 bits per heavy atom. The van der Waals surface area contributed by atoms with Crippen LogP contribution in [0, 0.1) is 0 Å². The van der Waals surface area contributed by atoms with Crippen molar-refractivity contribution < 1.29 is 35.8 Å². The predicted octanol–water partition coefficient (Wildman–Crippen LogP) is 5.39. The Morgan fingerprint density at radius 3 is 1.86 bits per heavy atom. The molecule has 154 valence electrons. The van der Waals surface area contributed by atoms with E-state index < -0.39 is 29.8 Å². The highest BCUT2D eigenvalue weighted by Gasteiger charge is 2.74. The second-order valence-electron chi connectivity index (χ2n) is 5.85. The van der Waals surface area contributed by atoms with E-state index in [4.69, 9.17) is 21.1 Å². The summed E-state index contributed by atoms with van der Waals surface area (Å²) in [6.07, 6.45) is -11.8. The van der Waals surface area contributed by atoms with Crippen molar-refractivity contribution in [1.82, 2.24) is 0 Å². The highest BCUT2D eigenvalue weighted by Crippen LogP contribution is 2.49. The van der Waals surface area contributed by atoms with Crippen LogP contribution in [0.15, 0.2) is 58.5 Å². The Labute approximate surface area is 165 Å². The molecule has 0 saturated heterocycles. The molecule has 0 saturated carbocycles. The van der Waals surface area contributed by atoms with Crippen molar-refractivity contribution in [2.75, 3.05) is 7.11 Å². The lowest BCUT2D eigenvalue weighted by atomic mass is 10.1. The van der Waals surface area contributed by atoms with Crippen molar-refractivity contribution in [3.05, 3.63) is 64.7 Å². The molecule has 3 rings (SSSR count). The molecule has 0 atom stereocenters. The van der Waals surface area contributed by atoms with E-state index in [1.165, 1.54) is 49.6 Å². The first kappa shape index (κ1) is 21.0. The molecule has 29 heavy (non-hydrogen) atoms. The summed E-state index contributed by atoms with van der Waals surface area (Å²) >= 11 is 5.81. The molecule has 0 N–H and O–H groups in total. The van der Waals surface area contributed by atoms with Gasteiger partial charge in [0.15, 0.2) is 0 Å². The maximum atomic E-state index is 13.7. The largest absolute Gasteiger partial charge is 0.497 e. The van der Waals surface area contributed by atoms with Gasteiger partial charge < -0.3 is 9.47 Å². The van der Waals surface area contributed by atoms with E-state index in [9.17, 15) is 26.3 Å². The van der Waals surface area contributed by atoms with Crippen LogP contribution in [0.1, 0.15) is 11.1 Å². The molecule has 2 aromatic rings. The first-order valence-electron chi connectivity index (χ1n) is 7.88. The quantitative estimate of drug-likeness (QED) is 0.605. The zero-order chi connectivity index (χ0) is 21.4. The summed E-state index contributed by atoms with van der Waals surface area (Å²) in [5, 5.41) is 0.0730. The smallest absolute Gasteiger partial charge is 0.443 e. The number of alkyl halides is 6. The van der Waals surface area contributed by atoms with Crippen LogP contribution in [-0.2, 0) is 4.74 Å². The maximum absolute atomic E-state index is 13.7. The Hall–Kier alpha value is -2.75. The van der Waals surface area contributed by atoms with Crippen LogP contribution in [0.3, 0.4) is 0 Å². The molecule has 0 amide bonds. The normalized spacial score (nSPS) is 16.6. The fourth-order valence-corrected chi connectivity index (χ4v) is 2.69. The van der Waals surface area contributed by atoms with Crippen LogP contribution in [-0.4, -0.2) is 36.9 Å². The van der Waals surface area contributed by atoms with Gasteiger partial charge in [0.05, 0.1) is 7.11 Å². The van der Waals surface area contributed by atoms with Crippen molar-refractivity contribution in [1.29, 1.82) is 0 Å². The molecule has 11 heteroatoms. The Morgan fingerprint density at radius 2 is 1.38 bits per heavy atom. The minimum Gasteiger partial charge on any atom is -0.497 e. The van der Waals surface area contributed by atoms with Crippen LogP contribution in [0.25, 0.3) is 0 Å². The fraction of sp³-hybridized carbons (Fsp3) is 0.222. The van der Waals surface area contributed by atoms with Crippen molar-refractivity contribution in [3.8, 4) is 5.75 Å². The molecule has 0 spiro atoms. The molecule has 2 aromatic carbocycles. The third-order valence-electron chi connectivity index (χ3n) is 3.90. The van der Waals surface area contributed by atoms with E-state index in [0.29, 0.717) is 0 Å². The molecule has 0 unspecified atom stereocenters. The van der Waals surface area contributed by atoms with Gasteiger partial charge in [0, 0.05) is 16.1 Å². The van der Waals surface area contributed by atoms with E-state index in [1.807, 2.05) is 0 Å². The molecule has 0 bridgehead atoms. The minimum absolute atomic E-state index is 0.0730. The molecule has 0 radical (unpaired) electrons. The highest BCUT2D eigenvalue weighted by atomic mass is 35.5. The molecule has 1 aliphatic heterocycles. The highest BCUT2D eigenvalue weighted by molar-refractivity contribution is 6.31. The van der Waals surface area contributed by atoms with Gasteiger partial charge in [-0.1, -0.05) is 23.7 Å². The Balaban J connectivity index is 2.26. The van der Waals surface area contributed by atoms with Gasteiger partial charge in [0.1, 0.15) is 5.75 Å². The summed E-state index contributed by atoms with van der Waals surface area (Å²) in [5.41, 5.74) is -5.07. The van der Waals surface area contributed by atoms with Gasteiger partial charge in [-0.3, -0.25) is 0 Å². The standard InChI is InChI=1S/C18H11ClF6N2O2/c1-28-13-7-3-5-11(9-13)15-27-16(17(20,21)22,18(23,24)25)26-14(29-15)10-4-2-6-12(19)8-10/h2-9H,1H3. The van der Waals surface area contributed by atoms with Gasteiger partial charge in [-0.2, -0.15) is 26.3 Å². The molecule has 0 aromatic heterocycles. The van der Waals surface area contributed by atoms with E-state index in [-0.39, 0.29) is 21.9 Å².